The zero-order chi connectivity index (χ0) is 91.1. The summed E-state index contributed by atoms with van der Waals surface area (Å²) in [5, 5.41) is 32.5. The molecule has 18 rings (SSSR count). The number of amides is 5. The van der Waals surface area contributed by atoms with Crippen molar-refractivity contribution in [3.05, 3.63) is 266 Å². The summed E-state index contributed by atoms with van der Waals surface area (Å²) in [5.74, 6) is -1.36. The lowest BCUT2D eigenvalue weighted by Crippen LogP contribution is -2.38. The molecule has 9 aliphatic rings. The normalized spacial score (nSPS) is 16.9. The number of nitrogen functional groups attached to an aromatic ring is 2. The second-order valence-electron chi connectivity index (χ2n) is 35.1. The summed E-state index contributed by atoms with van der Waals surface area (Å²) in [4.78, 5) is 93.0. The summed E-state index contributed by atoms with van der Waals surface area (Å²) in [5.41, 5.74) is 22.2. The van der Waals surface area contributed by atoms with Crippen LogP contribution < -0.4 is 51.9 Å². The van der Waals surface area contributed by atoms with Crippen LogP contribution in [0.2, 0.25) is 0 Å². The average Bonchev–Trinajstić information content (AvgIpc) is 1.53. The number of rotatable bonds is 17. The Morgan fingerprint density at radius 1 is 0.416 bits per heavy atom. The summed E-state index contributed by atoms with van der Waals surface area (Å²) in [7, 11) is 0. The molecule has 0 aromatic heterocycles. The molecule has 5 fully saturated rings. The van der Waals surface area contributed by atoms with E-state index in [0.29, 0.717) is 52.9 Å². The van der Waals surface area contributed by atoms with Gasteiger partial charge in [0.2, 0.25) is 35.4 Å². The van der Waals surface area contributed by atoms with Gasteiger partial charge in [0.25, 0.3) is 5.69 Å². The van der Waals surface area contributed by atoms with Crippen molar-refractivity contribution in [1.29, 1.82) is 0 Å². The molecule has 21 nitrogen and oxygen atoms in total. The van der Waals surface area contributed by atoms with Gasteiger partial charge in [-0.15, -0.1) is 0 Å². The van der Waals surface area contributed by atoms with Crippen molar-refractivity contribution in [2.45, 2.75) is 231 Å². The van der Waals surface area contributed by atoms with Gasteiger partial charge in [-0.3, -0.25) is 44.2 Å². The average molecular weight is 1910 g/mol. The van der Waals surface area contributed by atoms with Gasteiger partial charge in [-0.1, -0.05) is 66.7 Å². The number of fused-ring (bicyclic) bond motifs is 8. The highest BCUT2D eigenvalue weighted by Gasteiger charge is 2.63. The van der Waals surface area contributed by atoms with Crippen LogP contribution in [0.5, 0.6) is 0 Å². The van der Waals surface area contributed by atoms with E-state index in [4.69, 9.17) is 11.5 Å². The predicted octanol–water partition coefficient (Wildman–Crippen LogP) is 23.2. The van der Waals surface area contributed by atoms with E-state index in [-0.39, 0.29) is 122 Å². The molecule has 5 saturated carbocycles. The number of halogens is 8. The summed E-state index contributed by atoms with van der Waals surface area (Å²) in [6, 6.07) is 48.4. The Balaban J connectivity index is 0.000000136. The topological polar surface area (TPSA) is 276 Å². The molecule has 0 unspecified atom stereocenters. The molecule has 9 aromatic rings. The molecule has 0 bridgehead atoms. The predicted molar refractivity (Wildman–Crippen MR) is 495 cm³/mol. The van der Waals surface area contributed by atoms with Crippen LogP contribution in [-0.4, -0.2) is 75.6 Å². The number of nitro benzene ring substituents is 2. The molecule has 4 spiro atoms. The van der Waals surface area contributed by atoms with Crippen LogP contribution in [0.25, 0.3) is 0 Å². The molecule has 4 heterocycles. The van der Waals surface area contributed by atoms with Gasteiger partial charge < -0.3 is 51.9 Å². The molecule has 5 amide bonds. The third kappa shape index (κ3) is 19.5. The van der Waals surface area contributed by atoms with E-state index in [2.05, 4.69) is 103 Å². The van der Waals surface area contributed by atoms with Gasteiger partial charge in [0.1, 0.15) is 29.0 Å². The molecule has 7 N–H and O–H groups in total. The molecule has 5 aliphatic carbocycles. The number of nitrogens with zero attached hydrogens (tertiary/aromatic N) is 7. The van der Waals surface area contributed by atoms with E-state index in [1.807, 2.05) is 136 Å². The number of nitrogens with one attached hydrogen (secondary N) is 3. The quantitative estimate of drug-likeness (QED) is 0.0245. The van der Waals surface area contributed by atoms with Crippen molar-refractivity contribution in [1.82, 2.24) is 0 Å². The maximum atomic E-state index is 13.8. The SMILES string of the molecule is CC(C)N(C(=O)C1CC1)c1cc(F)ccc1Br.CC(C)N1C(=O)C2(CC2)c2cc(N)c(N[C@@H](C)c3ccccc3)cc21.CC(C)N1C(=O)C2(CC2)c2cc([N+](=O)[O-])c(F)cc21.CC(C)N1C(=O)C2(CC2)c2cc([N+](=O)[O-])c(N[C@@H](C)c3ccccc3)cc21.CC(C)N1C(=O)C2(CC2)c2ccc(F)cc21.CC(C)Nc1cc(F)ccc1Br.Nc1cc(F)ccc1Br. The fourth-order valence-electron chi connectivity index (χ4n) is 16.8. The summed E-state index contributed by atoms with van der Waals surface area (Å²) < 4.78 is 67.7. The Hall–Kier alpha value is -10.8. The van der Waals surface area contributed by atoms with Crippen molar-refractivity contribution in [2.75, 3.05) is 51.9 Å². The zero-order valence-electron chi connectivity index (χ0n) is 72.4. The molecule has 125 heavy (non-hydrogen) atoms. The molecule has 29 heteroatoms. The minimum Gasteiger partial charge on any atom is -0.398 e. The van der Waals surface area contributed by atoms with Gasteiger partial charge >= 0.3 is 5.69 Å². The lowest BCUT2D eigenvalue weighted by molar-refractivity contribution is -0.387. The van der Waals surface area contributed by atoms with Crippen molar-refractivity contribution in [3.8, 4) is 0 Å². The highest BCUT2D eigenvalue weighted by atomic mass is 79.9. The monoisotopic (exact) mass is 1900 g/mol. The minimum atomic E-state index is -0.889. The van der Waals surface area contributed by atoms with Gasteiger partial charge in [0, 0.05) is 91.6 Å². The van der Waals surface area contributed by atoms with Crippen LogP contribution in [0.1, 0.15) is 207 Å². The van der Waals surface area contributed by atoms with Gasteiger partial charge in [0.05, 0.1) is 77.0 Å². The standard InChI is InChI=1S/C21H23N3O3.C21H25N3O.C13H15BrFNO.C13H13FN2O3.C13H14FNO.C9H11BrFN.C6H5BrFN/c1-13(2)23-18-12-17(22-14(3)15-7-5-4-6-8-15)19(24(26)27)11-16(18)21(9-10-21)20(23)25;1-13(2)24-19-12-18(23-14(3)15-7-5-4-6-8-15)17(22)11-16(19)21(9-10-21)20(24)25;1-8(2)16(13(17)9-3-4-9)12-7-10(15)5-6-11(12)14;1-7(2)15-10-6-9(14)11(16(18)19)5-8(10)13(3-4-13)12(15)17;1-8(2)15-11-7-9(14)3-4-10(11)13(5-6-13)12(15)16;1-6(2)12-9-5-7(11)3-4-8(9)10;7-5-2-1-4(8)3-6(5)9/h4-8,11-14,22H,9-10H2,1-3H3;4-8,11-14,23H,9-10,22H2,1-3H3;5-9H,3-4H2,1-2H3;5-7H,3-4H2,1-2H3;3-4,7-8H,5-6H2,1-2H3;3-6,12H,1-2H3;1-3H,9H2/t2*14-;;;;;/m00...../s1. The number of hydrogen-bond acceptors (Lipinski definition) is 14. The molecule has 9 aromatic carbocycles. The van der Waals surface area contributed by atoms with Crippen LogP contribution in [0.15, 0.2) is 183 Å². The van der Waals surface area contributed by atoms with Gasteiger partial charge in [-0.2, -0.15) is 4.39 Å². The summed E-state index contributed by atoms with van der Waals surface area (Å²) >= 11 is 9.84. The lowest BCUT2D eigenvalue weighted by atomic mass is 9.96. The largest absolute Gasteiger partial charge is 0.398 e. The number of nitrogens with two attached hydrogens (primary N) is 2. The second kappa shape index (κ2) is 37.4. The van der Waals surface area contributed by atoms with Crippen LogP contribution >= 0.6 is 47.8 Å². The number of carbonyl (C=O) groups is 5. The minimum absolute atomic E-state index is 0.0112. The third-order valence-electron chi connectivity index (χ3n) is 23.9. The van der Waals surface area contributed by atoms with Crippen LogP contribution in [0.3, 0.4) is 0 Å². The van der Waals surface area contributed by atoms with Crippen molar-refractivity contribution >= 4 is 146 Å². The molecule has 0 radical (unpaired) electrons. The first-order valence-corrected chi connectivity index (χ1v) is 44.6. The van der Waals surface area contributed by atoms with Crippen molar-refractivity contribution in [2.24, 2.45) is 5.92 Å². The Bertz CT molecular complexity index is 5630. The molecule has 2 atom stereocenters. The van der Waals surface area contributed by atoms with Gasteiger partial charge in [-0.05, 0) is 327 Å². The lowest BCUT2D eigenvalue weighted by Gasteiger charge is -2.28. The molecule has 660 valence electrons. The number of anilines is 10. The van der Waals surface area contributed by atoms with Crippen LogP contribution in [0.4, 0.5) is 90.2 Å². The van der Waals surface area contributed by atoms with Gasteiger partial charge in [0.15, 0.2) is 0 Å². The Morgan fingerprint density at radius 2 is 0.784 bits per heavy atom. The summed E-state index contributed by atoms with van der Waals surface area (Å²) in [6.45, 7) is 27.7. The van der Waals surface area contributed by atoms with Gasteiger partial charge in [-0.25, -0.2) is 17.6 Å². The number of nitro groups is 2. The van der Waals surface area contributed by atoms with E-state index in [1.165, 1.54) is 60.2 Å². The highest BCUT2D eigenvalue weighted by molar-refractivity contribution is 9.11. The number of carbonyl (C=O) groups excluding carboxylic acids is 5. The van der Waals surface area contributed by atoms with E-state index in [9.17, 15) is 66.2 Å². The van der Waals surface area contributed by atoms with E-state index in [1.54, 1.807) is 56.0 Å². The van der Waals surface area contributed by atoms with Crippen LogP contribution in [0, 0.1) is 55.2 Å². The van der Waals surface area contributed by atoms with Crippen molar-refractivity contribution < 1.29 is 55.8 Å². The first kappa shape index (κ1) is 93.4. The highest BCUT2D eigenvalue weighted by Crippen LogP contribution is 2.63. The Labute approximate surface area is 751 Å². The van der Waals surface area contributed by atoms with E-state index >= 15 is 0 Å². The maximum Gasteiger partial charge on any atom is 0.305 e. The number of hydrogen-bond donors (Lipinski definition) is 5. The second-order valence-corrected chi connectivity index (χ2v) is 37.6. The first-order chi connectivity index (χ1) is 59.0. The fourth-order valence-corrected chi connectivity index (χ4v) is 17.9. The Kier molecular flexibility index (Phi) is 27.9. The van der Waals surface area contributed by atoms with Crippen LogP contribution in [-0.2, 0) is 45.6 Å². The number of benzene rings is 9. The fraction of sp³-hybridized carbons (Fsp3) is 0.385. The zero-order valence-corrected chi connectivity index (χ0v) is 77.2. The molecule has 4 aliphatic heterocycles. The van der Waals surface area contributed by atoms with E-state index < -0.39 is 27.3 Å². The van der Waals surface area contributed by atoms with Crippen molar-refractivity contribution in [3.63, 3.8) is 0 Å². The Morgan fingerprint density at radius 3 is 1.19 bits per heavy atom. The smallest absolute Gasteiger partial charge is 0.305 e. The summed E-state index contributed by atoms with van der Waals surface area (Å²) in [6.07, 6.45) is 8.52. The third-order valence-corrected chi connectivity index (χ3v) is 26.0. The first-order valence-electron chi connectivity index (χ1n) is 42.3. The maximum absolute atomic E-state index is 13.8. The van der Waals surface area contributed by atoms with E-state index in [0.717, 1.165) is 122 Å². The molecular formula is C96H106Br3F5N12O9. The molecule has 0 saturated heterocycles. The molecular weight excluding hydrogens is 1800 g/mol.